The monoisotopic (exact) mass is 422 g/mol. The Labute approximate surface area is 181 Å². The summed E-state index contributed by atoms with van der Waals surface area (Å²) < 4.78 is 10.8. The largest absolute Gasteiger partial charge is 0.493 e. The van der Waals surface area contributed by atoms with Crippen molar-refractivity contribution >= 4 is 17.2 Å². The first-order valence-corrected chi connectivity index (χ1v) is 11.0. The van der Waals surface area contributed by atoms with E-state index in [1.54, 1.807) is 25.6 Å². The van der Waals surface area contributed by atoms with E-state index in [1.165, 1.54) is 5.56 Å². The molecule has 0 bridgehead atoms. The van der Waals surface area contributed by atoms with Crippen LogP contribution in [0.15, 0.2) is 47.8 Å². The molecule has 30 heavy (non-hydrogen) atoms. The van der Waals surface area contributed by atoms with Crippen LogP contribution in [0.25, 0.3) is 10.6 Å². The molecule has 0 saturated carbocycles. The number of hydrogen-bond donors (Lipinski definition) is 0. The number of carbonyl (C=O) groups is 1. The Hall–Kier alpha value is -2.86. The van der Waals surface area contributed by atoms with E-state index in [4.69, 9.17) is 14.5 Å². The predicted molar refractivity (Wildman–Crippen MR) is 119 cm³/mol. The number of likely N-dealkylation sites (tertiary alicyclic amines) is 1. The van der Waals surface area contributed by atoms with Crippen molar-refractivity contribution in [3.05, 3.63) is 64.7 Å². The summed E-state index contributed by atoms with van der Waals surface area (Å²) in [6.07, 6.45) is 2.27. The summed E-state index contributed by atoms with van der Waals surface area (Å²) in [4.78, 5) is 19.8. The van der Waals surface area contributed by atoms with Gasteiger partial charge in [0.2, 0.25) is 5.91 Å². The first-order valence-electron chi connectivity index (χ1n) is 10.1. The van der Waals surface area contributed by atoms with Gasteiger partial charge in [0, 0.05) is 17.5 Å². The lowest BCUT2D eigenvalue weighted by molar-refractivity contribution is -0.131. The van der Waals surface area contributed by atoms with Crippen LogP contribution in [0.2, 0.25) is 0 Å². The number of amides is 1. The molecule has 0 radical (unpaired) electrons. The standard InChI is InChI=1S/C24H26N2O3S/c1-16-6-4-7-18(12-16)24-25-19(15-30-24)14-23(27)26-11-5-8-20(26)17-9-10-21(28-2)22(13-17)29-3/h4,6-7,9-10,12-13,15,20H,5,8,11,14H2,1-3H3. The van der Waals surface area contributed by atoms with Gasteiger partial charge >= 0.3 is 0 Å². The van der Waals surface area contributed by atoms with Gasteiger partial charge in [-0.3, -0.25) is 4.79 Å². The Kier molecular flexibility index (Phi) is 6.04. The lowest BCUT2D eigenvalue weighted by Gasteiger charge is -2.25. The highest BCUT2D eigenvalue weighted by molar-refractivity contribution is 7.13. The summed E-state index contributed by atoms with van der Waals surface area (Å²) in [5.41, 5.74) is 4.22. The van der Waals surface area contributed by atoms with Gasteiger partial charge in [0.1, 0.15) is 5.01 Å². The number of methoxy groups -OCH3 is 2. The van der Waals surface area contributed by atoms with Crippen LogP contribution in [-0.4, -0.2) is 36.6 Å². The van der Waals surface area contributed by atoms with Gasteiger partial charge in [-0.05, 0) is 43.5 Å². The molecule has 1 aliphatic rings. The number of ether oxygens (including phenoxy) is 2. The lowest BCUT2D eigenvalue weighted by atomic mass is 10.0. The Bertz CT molecular complexity index is 1050. The fourth-order valence-corrected chi connectivity index (χ4v) is 4.84. The number of hydrogen-bond acceptors (Lipinski definition) is 5. The average molecular weight is 423 g/mol. The summed E-state index contributed by atoms with van der Waals surface area (Å²) in [6, 6.07) is 14.3. The van der Waals surface area contributed by atoms with Crippen molar-refractivity contribution in [2.75, 3.05) is 20.8 Å². The van der Waals surface area contributed by atoms with Crippen LogP contribution in [0.4, 0.5) is 0 Å². The van der Waals surface area contributed by atoms with E-state index in [1.807, 2.05) is 34.5 Å². The molecule has 4 rings (SSSR count). The van der Waals surface area contributed by atoms with E-state index in [0.29, 0.717) is 17.9 Å². The maximum Gasteiger partial charge on any atom is 0.229 e. The molecule has 0 aliphatic carbocycles. The quantitative estimate of drug-likeness (QED) is 0.558. The molecule has 1 amide bonds. The van der Waals surface area contributed by atoms with Gasteiger partial charge in [-0.1, -0.05) is 29.8 Å². The molecule has 156 valence electrons. The minimum Gasteiger partial charge on any atom is -0.493 e. The van der Waals surface area contributed by atoms with Gasteiger partial charge in [-0.15, -0.1) is 11.3 Å². The van der Waals surface area contributed by atoms with Gasteiger partial charge in [0.05, 0.1) is 32.4 Å². The normalized spacial score (nSPS) is 16.0. The summed E-state index contributed by atoms with van der Waals surface area (Å²) in [7, 11) is 3.26. The van der Waals surface area contributed by atoms with E-state index >= 15 is 0 Å². The van der Waals surface area contributed by atoms with Gasteiger partial charge in [-0.25, -0.2) is 4.98 Å². The zero-order valence-corrected chi connectivity index (χ0v) is 18.4. The predicted octanol–water partition coefficient (Wildman–Crippen LogP) is 5.04. The number of benzene rings is 2. The molecule has 6 heteroatoms. The minimum absolute atomic E-state index is 0.0622. The fourth-order valence-electron chi connectivity index (χ4n) is 4.03. The molecule has 1 fully saturated rings. The third-order valence-corrected chi connectivity index (χ3v) is 6.45. The number of thiazole rings is 1. The first kappa shape index (κ1) is 20.4. The summed E-state index contributed by atoms with van der Waals surface area (Å²) in [5.74, 6) is 1.51. The maximum absolute atomic E-state index is 13.1. The number of rotatable bonds is 6. The van der Waals surface area contributed by atoms with Crippen LogP contribution in [0.1, 0.15) is 35.7 Å². The Morgan fingerprint density at radius 2 is 2.00 bits per heavy atom. The molecular formula is C24H26N2O3S. The van der Waals surface area contributed by atoms with E-state index in [2.05, 4.69) is 25.1 Å². The van der Waals surface area contributed by atoms with Gasteiger partial charge in [-0.2, -0.15) is 0 Å². The molecule has 0 N–H and O–H groups in total. The average Bonchev–Trinajstić information content (AvgIpc) is 3.43. The topological polar surface area (TPSA) is 51.7 Å². The molecule has 5 nitrogen and oxygen atoms in total. The molecule has 1 atom stereocenters. The van der Waals surface area contributed by atoms with Crippen LogP contribution in [0, 0.1) is 6.92 Å². The van der Waals surface area contributed by atoms with Crippen LogP contribution in [-0.2, 0) is 11.2 Å². The van der Waals surface area contributed by atoms with E-state index < -0.39 is 0 Å². The van der Waals surface area contributed by atoms with Crippen molar-refractivity contribution in [3.63, 3.8) is 0 Å². The molecule has 1 aliphatic heterocycles. The van der Waals surface area contributed by atoms with E-state index in [9.17, 15) is 4.79 Å². The Balaban J connectivity index is 1.49. The third kappa shape index (κ3) is 4.19. The highest BCUT2D eigenvalue weighted by Crippen LogP contribution is 2.37. The first-order chi connectivity index (χ1) is 14.6. The van der Waals surface area contributed by atoms with Crippen molar-refractivity contribution in [2.45, 2.75) is 32.2 Å². The zero-order valence-electron chi connectivity index (χ0n) is 17.6. The summed E-state index contributed by atoms with van der Waals surface area (Å²) in [6.45, 7) is 2.84. The van der Waals surface area contributed by atoms with Gasteiger partial charge in [0.15, 0.2) is 11.5 Å². The lowest BCUT2D eigenvalue weighted by Crippen LogP contribution is -2.31. The molecule has 2 aromatic carbocycles. The summed E-state index contributed by atoms with van der Waals surface area (Å²) in [5, 5.41) is 2.95. The van der Waals surface area contributed by atoms with Crippen molar-refractivity contribution in [2.24, 2.45) is 0 Å². The molecule has 0 spiro atoms. The van der Waals surface area contributed by atoms with Gasteiger partial charge in [0.25, 0.3) is 0 Å². The molecule has 1 aromatic heterocycles. The van der Waals surface area contributed by atoms with Crippen molar-refractivity contribution in [1.29, 1.82) is 0 Å². The molecule has 1 unspecified atom stereocenters. The Morgan fingerprint density at radius 3 is 2.77 bits per heavy atom. The SMILES string of the molecule is COc1ccc(C2CCCN2C(=O)Cc2csc(-c3cccc(C)c3)n2)cc1OC. The Morgan fingerprint density at radius 1 is 1.17 bits per heavy atom. The van der Waals surface area contributed by atoms with Crippen molar-refractivity contribution in [3.8, 4) is 22.1 Å². The smallest absolute Gasteiger partial charge is 0.229 e. The number of carbonyl (C=O) groups excluding carboxylic acids is 1. The minimum atomic E-state index is 0.0622. The number of nitrogens with zero attached hydrogens (tertiary/aromatic N) is 2. The number of aromatic nitrogens is 1. The summed E-state index contributed by atoms with van der Waals surface area (Å²) >= 11 is 1.59. The van der Waals surface area contributed by atoms with Gasteiger partial charge < -0.3 is 14.4 Å². The second kappa shape index (κ2) is 8.88. The highest BCUT2D eigenvalue weighted by atomic mass is 32.1. The highest BCUT2D eigenvalue weighted by Gasteiger charge is 2.30. The van der Waals surface area contributed by atoms with E-state index in [-0.39, 0.29) is 11.9 Å². The second-order valence-electron chi connectivity index (χ2n) is 7.55. The van der Waals surface area contributed by atoms with Crippen LogP contribution < -0.4 is 9.47 Å². The van der Waals surface area contributed by atoms with E-state index in [0.717, 1.165) is 41.2 Å². The fraction of sp³-hybridized carbons (Fsp3) is 0.333. The zero-order chi connectivity index (χ0) is 21.1. The maximum atomic E-state index is 13.1. The molecule has 2 heterocycles. The molecule has 3 aromatic rings. The second-order valence-corrected chi connectivity index (χ2v) is 8.41. The van der Waals surface area contributed by atoms with Crippen LogP contribution >= 0.6 is 11.3 Å². The van der Waals surface area contributed by atoms with Crippen molar-refractivity contribution in [1.82, 2.24) is 9.88 Å². The van der Waals surface area contributed by atoms with Crippen LogP contribution in [0.5, 0.6) is 11.5 Å². The molecule has 1 saturated heterocycles. The van der Waals surface area contributed by atoms with Crippen molar-refractivity contribution < 1.29 is 14.3 Å². The van der Waals surface area contributed by atoms with Crippen LogP contribution in [0.3, 0.4) is 0 Å². The molecular weight excluding hydrogens is 396 g/mol. The number of aryl methyl sites for hydroxylation is 1. The third-order valence-electron chi connectivity index (χ3n) is 5.51.